The van der Waals surface area contributed by atoms with Crippen molar-refractivity contribution >= 4 is 63.6 Å². The van der Waals surface area contributed by atoms with Crippen LogP contribution in [0.25, 0.3) is 42.4 Å². The van der Waals surface area contributed by atoms with Crippen LogP contribution in [0, 0.1) is 54.3 Å². The summed E-state index contributed by atoms with van der Waals surface area (Å²) in [6.07, 6.45) is 0. The first kappa shape index (κ1) is 38.6. The van der Waals surface area contributed by atoms with Gasteiger partial charge in [-0.3, -0.25) is 0 Å². The summed E-state index contributed by atoms with van der Waals surface area (Å²) in [6, 6.07) is 25.9. The molecule has 0 saturated carbocycles. The molecule has 0 N–H and O–H groups in total. The van der Waals surface area contributed by atoms with Gasteiger partial charge >= 0.3 is 0 Å². The maximum atomic E-state index is 14.0. The Bertz CT molecular complexity index is 2430. The molecule has 53 heavy (non-hydrogen) atoms. The third kappa shape index (κ3) is 6.66. The summed E-state index contributed by atoms with van der Waals surface area (Å²) in [5.41, 5.74) is 1.40. The molecule has 274 valence electrons. The van der Waals surface area contributed by atoms with E-state index >= 15 is 0 Å². The van der Waals surface area contributed by atoms with E-state index in [1.165, 1.54) is 11.3 Å². The van der Waals surface area contributed by atoms with E-state index in [4.69, 9.17) is 9.47 Å². The van der Waals surface area contributed by atoms with E-state index in [0.717, 1.165) is 59.1 Å². The molecule has 0 bridgehead atoms. The van der Waals surface area contributed by atoms with Crippen molar-refractivity contribution in [2.45, 2.75) is 82.6 Å². The van der Waals surface area contributed by atoms with Crippen LogP contribution in [0.4, 0.5) is 0 Å². The lowest BCUT2D eigenvalue weighted by molar-refractivity contribution is -0.0338. The third-order valence-corrected chi connectivity index (χ3v) is 14.4. The molecule has 4 nitrogen and oxygen atoms in total. The smallest absolute Gasteiger partial charge is 0.215 e. The Morgan fingerprint density at radius 2 is 1.00 bits per heavy atom. The molecule has 5 aromatic carbocycles. The van der Waals surface area contributed by atoms with Crippen LogP contribution >= 0.6 is 11.3 Å². The Kier molecular flexibility index (Phi) is 10.6. The first-order valence-electron chi connectivity index (χ1n) is 18.4. The van der Waals surface area contributed by atoms with Crippen LogP contribution in [-0.4, -0.2) is 33.8 Å². The molecular weight excluding hydrogens is 693 g/mol. The van der Waals surface area contributed by atoms with Crippen LogP contribution < -0.4 is 0 Å². The van der Waals surface area contributed by atoms with Crippen molar-refractivity contribution in [2.24, 2.45) is 23.7 Å². The SMILES string of the molecule is COC(C#Cc1c2cc3ccccc3cc2c(C#CC(OC)(C(C)C)C(C)C)c2cc3sc(S(=O)(=O)c4ccc(C)cc4)cc3cc12)(C(C)C)C(C)C. The molecule has 0 atom stereocenters. The number of ether oxygens (including phenoxy) is 2. The van der Waals surface area contributed by atoms with E-state index in [2.05, 4.69) is 128 Å². The van der Waals surface area contributed by atoms with Gasteiger partial charge in [0.2, 0.25) is 9.84 Å². The van der Waals surface area contributed by atoms with Crippen LogP contribution in [0.2, 0.25) is 0 Å². The summed E-state index contributed by atoms with van der Waals surface area (Å²) in [6.45, 7) is 19.2. The summed E-state index contributed by atoms with van der Waals surface area (Å²) in [7, 11) is -0.249. The number of methoxy groups -OCH3 is 2. The lowest BCUT2D eigenvalue weighted by Crippen LogP contribution is -2.41. The predicted octanol–water partition coefficient (Wildman–Crippen LogP) is 11.6. The third-order valence-electron chi connectivity index (χ3n) is 11.1. The number of rotatable bonds is 8. The molecule has 1 heterocycles. The average molecular weight is 743 g/mol. The topological polar surface area (TPSA) is 52.6 Å². The number of thiophene rings is 1. The van der Waals surface area contributed by atoms with Gasteiger partial charge in [-0.05, 0) is 105 Å². The molecule has 6 rings (SSSR count). The van der Waals surface area contributed by atoms with E-state index in [1.54, 1.807) is 32.4 Å². The molecule has 0 aliphatic rings. The molecule has 0 aliphatic carbocycles. The Morgan fingerprint density at radius 1 is 0.585 bits per heavy atom. The molecule has 0 fully saturated rings. The van der Waals surface area contributed by atoms with Crippen molar-refractivity contribution < 1.29 is 17.9 Å². The summed E-state index contributed by atoms with van der Waals surface area (Å²) < 4.78 is 41.5. The number of aryl methyl sites for hydroxylation is 1. The zero-order valence-electron chi connectivity index (χ0n) is 32.8. The number of hydrogen-bond acceptors (Lipinski definition) is 5. The molecule has 0 saturated heterocycles. The monoisotopic (exact) mass is 742 g/mol. The van der Waals surface area contributed by atoms with Crippen LogP contribution in [0.1, 0.15) is 72.1 Å². The van der Waals surface area contributed by atoms with Gasteiger partial charge in [-0.15, -0.1) is 11.3 Å². The van der Waals surface area contributed by atoms with Crippen molar-refractivity contribution in [3.8, 4) is 23.7 Å². The zero-order valence-corrected chi connectivity index (χ0v) is 34.4. The van der Waals surface area contributed by atoms with Crippen LogP contribution in [0.5, 0.6) is 0 Å². The second kappa shape index (κ2) is 14.6. The van der Waals surface area contributed by atoms with Crippen molar-refractivity contribution in [3.63, 3.8) is 0 Å². The largest absolute Gasteiger partial charge is 0.365 e. The summed E-state index contributed by atoms with van der Waals surface area (Å²) >= 11 is 1.29. The van der Waals surface area contributed by atoms with Crippen molar-refractivity contribution in [1.82, 2.24) is 0 Å². The number of fused-ring (bicyclic) bond motifs is 4. The van der Waals surface area contributed by atoms with Gasteiger partial charge in [0.1, 0.15) is 15.4 Å². The summed E-state index contributed by atoms with van der Waals surface area (Å²) in [5, 5.41) is 6.88. The second-order valence-corrected chi connectivity index (χ2v) is 18.7. The molecule has 6 heteroatoms. The lowest BCUT2D eigenvalue weighted by Gasteiger charge is -2.35. The van der Waals surface area contributed by atoms with Crippen LogP contribution in [-0.2, 0) is 19.3 Å². The minimum atomic E-state index is -3.74. The van der Waals surface area contributed by atoms with Gasteiger partial charge in [-0.2, -0.15) is 0 Å². The van der Waals surface area contributed by atoms with Gasteiger partial charge in [-0.1, -0.05) is 121 Å². The normalized spacial score (nSPS) is 12.7. The number of hydrogen-bond donors (Lipinski definition) is 0. The van der Waals surface area contributed by atoms with E-state index in [1.807, 2.05) is 19.1 Å². The van der Waals surface area contributed by atoms with Gasteiger partial charge in [0.25, 0.3) is 0 Å². The molecule has 0 aliphatic heterocycles. The summed E-state index contributed by atoms with van der Waals surface area (Å²) in [5.74, 6) is 15.1. The minimum absolute atomic E-state index is 0.135. The number of sulfone groups is 1. The van der Waals surface area contributed by atoms with Crippen molar-refractivity contribution in [2.75, 3.05) is 14.2 Å². The maximum Gasteiger partial charge on any atom is 0.215 e. The van der Waals surface area contributed by atoms with Gasteiger partial charge in [0.15, 0.2) is 0 Å². The highest BCUT2D eigenvalue weighted by Crippen LogP contribution is 2.41. The highest BCUT2D eigenvalue weighted by atomic mass is 32.2. The van der Waals surface area contributed by atoms with Gasteiger partial charge in [0.05, 0.1) is 4.90 Å². The van der Waals surface area contributed by atoms with Crippen LogP contribution in [0.3, 0.4) is 0 Å². The first-order chi connectivity index (χ1) is 25.1. The highest BCUT2D eigenvalue weighted by Gasteiger charge is 2.37. The van der Waals surface area contributed by atoms with E-state index in [-0.39, 0.29) is 28.6 Å². The van der Waals surface area contributed by atoms with Crippen molar-refractivity contribution in [1.29, 1.82) is 0 Å². The fourth-order valence-electron chi connectivity index (χ4n) is 7.93. The van der Waals surface area contributed by atoms with Crippen LogP contribution in [0.15, 0.2) is 88.0 Å². The Morgan fingerprint density at radius 3 is 1.42 bits per heavy atom. The standard InChI is InChI=1S/C47H50O4S2/c1-29(2)46(50-10,30(3)4)22-20-38-40-24-34-14-12-13-15-35(34)25-41(40)39(21-23-47(51-11,31(5)6)32(7)8)43-28-44-36(26-42(38)43)27-45(52-44)53(48,49)37-18-16-33(9)17-19-37/h12-19,24-32H,1-11H3. The molecular formula is C47H50O4S2. The van der Waals surface area contributed by atoms with E-state index in [0.29, 0.717) is 4.21 Å². The summed E-state index contributed by atoms with van der Waals surface area (Å²) in [4.78, 5) is 0.284. The fourth-order valence-corrected chi connectivity index (χ4v) is 10.8. The molecule has 0 unspecified atom stereocenters. The molecule has 1 aromatic heterocycles. The lowest BCUT2D eigenvalue weighted by atomic mass is 9.79. The Balaban J connectivity index is 1.79. The minimum Gasteiger partial charge on any atom is -0.365 e. The van der Waals surface area contributed by atoms with Crippen molar-refractivity contribution in [3.05, 3.63) is 95.6 Å². The molecule has 0 radical (unpaired) electrons. The fraction of sp³-hybridized carbons (Fsp3) is 0.362. The zero-order chi connectivity index (χ0) is 38.5. The van der Waals surface area contributed by atoms with E-state index < -0.39 is 21.0 Å². The molecule has 6 aromatic rings. The molecule has 0 amide bonds. The first-order valence-corrected chi connectivity index (χ1v) is 20.7. The van der Waals surface area contributed by atoms with Gasteiger partial charge < -0.3 is 9.47 Å². The quantitative estimate of drug-likeness (QED) is 0.115. The molecule has 0 spiro atoms. The number of benzene rings is 5. The Hall–Kier alpha value is -4.17. The Labute approximate surface area is 319 Å². The van der Waals surface area contributed by atoms with Gasteiger partial charge in [0, 0.05) is 35.4 Å². The second-order valence-electron chi connectivity index (χ2n) is 15.4. The highest BCUT2D eigenvalue weighted by molar-refractivity contribution is 7.93. The average Bonchev–Trinajstić information content (AvgIpc) is 3.55. The van der Waals surface area contributed by atoms with Gasteiger partial charge in [-0.25, -0.2) is 8.42 Å². The van der Waals surface area contributed by atoms with E-state index in [9.17, 15) is 8.42 Å². The predicted molar refractivity (Wildman–Crippen MR) is 224 cm³/mol. The maximum absolute atomic E-state index is 14.0.